The van der Waals surface area contributed by atoms with Crippen LogP contribution in [0.3, 0.4) is 0 Å². The Kier molecular flexibility index (Phi) is 4.12. The maximum absolute atomic E-state index is 12.6. The summed E-state index contributed by atoms with van der Waals surface area (Å²) in [5, 5.41) is 3.01. The van der Waals surface area contributed by atoms with Gasteiger partial charge in [-0.25, -0.2) is 0 Å². The van der Waals surface area contributed by atoms with Crippen molar-refractivity contribution in [2.75, 3.05) is 11.9 Å². The fourth-order valence-electron chi connectivity index (χ4n) is 1.22. The quantitative estimate of drug-likeness (QED) is 0.817. The van der Waals surface area contributed by atoms with Crippen LogP contribution in [0.5, 0.6) is 0 Å². The zero-order valence-electron chi connectivity index (χ0n) is 9.95. The number of halogens is 4. The summed E-state index contributed by atoms with van der Waals surface area (Å²) in [6.07, 6.45) is -4.32. The fourth-order valence-corrected chi connectivity index (χ4v) is 1.72. The molecule has 0 amide bonds. The lowest BCUT2D eigenvalue weighted by atomic mass is 9.97. The molecule has 0 heterocycles. The van der Waals surface area contributed by atoms with Crippen LogP contribution in [-0.2, 0) is 6.18 Å². The normalized spacial score (nSPS) is 12.6. The van der Waals surface area contributed by atoms with Crippen molar-refractivity contribution >= 4 is 21.6 Å². The minimum atomic E-state index is -4.32. The second-order valence-electron chi connectivity index (χ2n) is 5.14. The molecule has 0 aliphatic heterocycles. The molecule has 0 aromatic heterocycles. The number of nitrogens with one attached hydrogen (secondary N) is 1. The van der Waals surface area contributed by atoms with Gasteiger partial charge in [-0.15, -0.1) is 0 Å². The van der Waals surface area contributed by atoms with Crippen LogP contribution in [0.2, 0.25) is 0 Å². The van der Waals surface area contributed by atoms with Crippen LogP contribution in [0.25, 0.3) is 0 Å². The summed E-state index contributed by atoms with van der Waals surface area (Å²) in [6, 6.07) is 3.83. The molecule has 17 heavy (non-hydrogen) atoms. The zero-order valence-corrected chi connectivity index (χ0v) is 11.5. The van der Waals surface area contributed by atoms with E-state index in [-0.39, 0.29) is 5.41 Å². The van der Waals surface area contributed by atoms with Gasteiger partial charge in [0, 0.05) is 16.7 Å². The van der Waals surface area contributed by atoms with Crippen LogP contribution in [-0.4, -0.2) is 6.54 Å². The van der Waals surface area contributed by atoms with Crippen LogP contribution in [0.4, 0.5) is 18.9 Å². The van der Waals surface area contributed by atoms with E-state index in [1.807, 2.05) is 20.8 Å². The molecule has 1 aromatic carbocycles. The topological polar surface area (TPSA) is 12.0 Å². The molecule has 1 aromatic rings. The first-order valence-corrected chi connectivity index (χ1v) is 5.99. The fraction of sp³-hybridized carbons (Fsp3) is 0.500. The van der Waals surface area contributed by atoms with Crippen molar-refractivity contribution in [2.45, 2.75) is 26.9 Å². The van der Waals surface area contributed by atoms with E-state index in [4.69, 9.17) is 0 Å². The minimum Gasteiger partial charge on any atom is -0.384 e. The molecular formula is C12H15BrF3N. The third-order valence-corrected chi connectivity index (χ3v) is 2.51. The van der Waals surface area contributed by atoms with Crippen LogP contribution < -0.4 is 5.32 Å². The van der Waals surface area contributed by atoms with Gasteiger partial charge in [0.2, 0.25) is 0 Å². The molecule has 96 valence electrons. The molecule has 0 spiro atoms. The SMILES string of the molecule is CC(C)(C)CNc1cc(Br)cc(C(F)(F)F)c1. The van der Waals surface area contributed by atoms with Crippen LogP contribution in [0.15, 0.2) is 22.7 Å². The molecule has 0 bridgehead atoms. The van der Waals surface area contributed by atoms with Gasteiger partial charge in [-0.1, -0.05) is 36.7 Å². The second-order valence-corrected chi connectivity index (χ2v) is 6.06. The van der Waals surface area contributed by atoms with Gasteiger partial charge in [0.05, 0.1) is 5.56 Å². The third kappa shape index (κ3) is 4.98. The summed E-state index contributed by atoms with van der Waals surface area (Å²) in [4.78, 5) is 0. The van der Waals surface area contributed by atoms with E-state index in [1.165, 1.54) is 0 Å². The smallest absolute Gasteiger partial charge is 0.384 e. The third-order valence-electron chi connectivity index (χ3n) is 2.05. The molecule has 0 aliphatic carbocycles. The molecule has 0 atom stereocenters. The van der Waals surface area contributed by atoms with Gasteiger partial charge in [0.25, 0.3) is 0 Å². The van der Waals surface area contributed by atoms with Gasteiger partial charge >= 0.3 is 6.18 Å². The van der Waals surface area contributed by atoms with E-state index >= 15 is 0 Å². The molecule has 0 saturated heterocycles. The number of hydrogen-bond donors (Lipinski definition) is 1. The Hall–Kier alpha value is -0.710. The van der Waals surface area contributed by atoms with E-state index in [0.29, 0.717) is 16.7 Å². The van der Waals surface area contributed by atoms with E-state index in [9.17, 15) is 13.2 Å². The van der Waals surface area contributed by atoms with Gasteiger partial charge in [0.1, 0.15) is 0 Å². The van der Waals surface area contributed by atoms with Crippen LogP contribution >= 0.6 is 15.9 Å². The Labute approximate surface area is 108 Å². The molecule has 1 N–H and O–H groups in total. The van der Waals surface area contributed by atoms with Crippen LogP contribution in [0, 0.1) is 5.41 Å². The van der Waals surface area contributed by atoms with Gasteiger partial charge in [-0.2, -0.15) is 13.2 Å². The van der Waals surface area contributed by atoms with Crippen molar-refractivity contribution in [3.63, 3.8) is 0 Å². The lowest BCUT2D eigenvalue weighted by Crippen LogP contribution is -2.19. The highest BCUT2D eigenvalue weighted by Crippen LogP contribution is 2.33. The molecule has 0 saturated carbocycles. The highest BCUT2D eigenvalue weighted by molar-refractivity contribution is 9.10. The first kappa shape index (κ1) is 14.4. The summed E-state index contributed by atoms with van der Waals surface area (Å²) in [7, 11) is 0. The Balaban J connectivity index is 2.91. The van der Waals surface area contributed by atoms with Gasteiger partial charge in [0.15, 0.2) is 0 Å². The monoisotopic (exact) mass is 309 g/mol. The van der Waals surface area contributed by atoms with Gasteiger partial charge in [-0.3, -0.25) is 0 Å². The lowest BCUT2D eigenvalue weighted by Gasteiger charge is -2.20. The zero-order chi connectivity index (χ0) is 13.3. The first-order valence-electron chi connectivity index (χ1n) is 5.20. The highest BCUT2D eigenvalue weighted by atomic mass is 79.9. The second kappa shape index (κ2) is 4.88. The van der Waals surface area contributed by atoms with E-state index < -0.39 is 11.7 Å². The van der Waals surface area contributed by atoms with Crippen molar-refractivity contribution in [3.8, 4) is 0 Å². The minimum absolute atomic E-state index is 0.0146. The predicted molar refractivity (Wildman–Crippen MR) is 67.1 cm³/mol. The maximum atomic E-state index is 12.6. The van der Waals surface area contributed by atoms with Crippen LogP contribution in [0.1, 0.15) is 26.3 Å². The van der Waals surface area contributed by atoms with E-state index in [1.54, 1.807) is 6.07 Å². The number of rotatable bonds is 2. The average Bonchev–Trinajstić information content (AvgIpc) is 2.11. The number of alkyl halides is 3. The lowest BCUT2D eigenvalue weighted by molar-refractivity contribution is -0.137. The average molecular weight is 310 g/mol. The molecule has 5 heteroatoms. The van der Waals surface area contributed by atoms with Crippen molar-refractivity contribution in [1.29, 1.82) is 0 Å². The van der Waals surface area contributed by atoms with Crippen molar-refractivity contribution in [1.82, 2.24) is 0 Å². The Morgan fingerprint density at radius 2 is 1.71 bits per heavy atom. The predicted octanol–water partition coefficient (Wildman–Crippen LogP) is 4.93. The summed E-state index contributed by atoms with van der Waals surface area (Å²) in [5.41, 5.74) is -0.161. The van der Waals surface area contributed by atoms with Gasteiger partial charge < -0.3 is 5.32 Å². The maximum Gasteiger partial charge on any atom is 0.416 e. The van der Waals surface area contributed by atoms with E-state index in [0.717, 1.165) is 12.1 Å². The van der Waals surface area contributed by atoms with Crippen molar-refractivity contribution < 1.29 is 13.2 Å². The summed E-state index contributed by atoms with van der Waals surface area (Å²) in [6.45, 7) is 6.66. The first-order chi connectivity index (χ1) is 7.58. The summed E-state index contributed by atoms with van der Waals surface area (Å²) in [5.74, 6) is 0. The standard InChI is InChI=1S/C12H15BrF3N/c1-11(2,3)7-17-10-5-8(12(14,15)16)4-9(13)6-10/h4-6,17H,7H2,1-3H3. The van der Waals surface area contributed by atoms with Gasteiger partial charge in [-0.05, 0) is 23.6 Å². The molecule has 0 unspecified atom stereocenters. The van der Waals surface area contributed by atoms with Crippen molar-refractivity contribution in [3.05, 3.63) is 28.2 Å². The van der Waals surface area contributed by atoms with E-state index in [2.05, 4.69) is 21.2 Å². The molecule has 1 nitrogen and oxygen atoms in total. The summed E-state index contributed by atoms with van der Waals surface area (Å²) >= 11 is 3.09. The summed E-state index contributed by atoms with van der Waals surface area (Å²) < 4.78 is 38.1. The molecule has 0 aliphatic rings. The highest BCUT2D eigenvalue weighted by Gasteiger charge is 2.31. The number of hydrogen-bond acceptors (Lipinski definition) is 1. The molecule has 0 fully saturated rings. The number of benzene rings is 1. The largest absolute Gasteiger partial charge is 0.416 e. The molecule has 0 radical (unpaired) electrons. The molecule has 1 rings (SSSR count). The Morgan fingerprint density at radius 1 is 1.12 bits per heavy atom. The molecular weight excluding hydrogens is 295 g/mol. The van der Waals surface area contributed by atoms with Crippen molar-refractivity contribution in [2.24, 2.45) is 5.41 Å². The number of anilines is 1. The Morgan fingerprint density at radius 3 is 2.18 bits per heavy atom. The Bertz CT molecular complexity index is 394.